The minimum absolute atomic E-state index is 0.123. The number of carbonyl (C=O) groups excluding carboxylic acids is 2. The molecule has 0 saturated heterocycles. The van der Waals surface area contributed by atoms with Crippen LogP contribution in [0.5, 0.6) is 5.75 Å². The Bertz CT molecular complexity index is 844. The van der Waals surface area contributed by atoms with E-state index >= 15 is 0 Å². The average molecular weight is 398 g/mol. The minimum atomic E-state index is -0.772. The van der Waals surface area contributed by atoms with Gasteiger partial charge in [-0.2, -0.15) is 0 Å². The second-order valence-corrected chi connectivity index (χ2v) is 6.22. The summed E-state index contributed by atoms with van der Waals surface area (Å²) in [5, 5.41) is 3.04. The Hall–Kier alpha value is -2.67. The highest BCUT2D eigenvalue weighted by atomic mass is 35.5. The maximum absolute atomic E-state index is 13.7. The highest BCUT2D eigenvalue weighted by molar-refractivity contribution is 6.31. The molecule has 0 aromatic heterocycles. The van der Waals surface area contributed by atoms with Crippen molar-refractivity contribution in [3.63, 3.8) is 0 Å². The van der Waals surface area contributed by atoms with Gasteiger partial charge >= 0.3 is 5.97 Å². The van der Waals surface area contributed by atoms with Gasteiger partial charge < -0.3 is 14.8 Å². The predicted octanol–water partition coefficient (Wildman–Crippen LogP) is 3.73. The van der Waals surface area contributed by atoms with E-state index in [4.69, 9.17) is 21.1 Å². The molecule has 0 heterocycles. The van der Waals surface area contributed by atoms with Gasteiger partial charge in [0.25, 0.3) is 5.91 Å². The zero-order valence-electron chi connectivity index (χ0n) is 14.7. The Morgan fingerprint density at radius 3 is 2.56 bits per heavy atom. The molecule has 0 fully saturated rings. The molecule has 0 saturated carbocycles. The summed E-state index contributed by atoms with van der Waals surface area (Å²) in [6, 6.07) is 7.26. The average Bonchev–Trinajstić information content (AvgIpc) is 2.60. The van der Waals surface area contributed by atoms with Gasteiger partial charge in [-0.1, -0.05) is 17.7 Å². The van der Waals surface area contributed by atoms with Crippen LogP contribution < -0.4 is 10.1 Å². The number of aryl methyl sites for hydroxylation is 1. The number of halogens is 3. The Kier molecular flexibility index (Phi) is 7.12. The summed E-state index contributed by atoms with van der Waals surface area (Å²) in [4.78, 5) is 23.5. The highest BCUT2D eigenvalue weighted by Crippen LogP contribution is 2.21. The van der Waals surface area contributed by atoms with E-state index < -0.39 is 36.2 Å². The normalized spacial score (nSPS) is 11.6. The van der Waals surface area contributed by atoms with Crippen molar-refractivity contribution >= 4 is 23.5 Å². The van der Waals surface area contributed by atoms with Crippen molar-refractivity contribution in [1.29, 1.82) is 0 Å². The number of carbonyl (C=O) groups is 2. The molecular weight excluding hydrogens is 380 g/mol. The number of benzene rings is 2. The van der Waals surface area contributed by atoms with Gasteiger partial charge in [-0.15, -0.1) is 0 Å². The zero-order valence-corrected chi connectivity index (χ0v) is 15.5. The number of rotatable bonds is 7. The quantitative estimate of drug-likeness (QED) is 0.723. The Morgan fingerprint density at radius 2 is 1.89 bits per heavy atom. The van der Waals surface area contributed by atoms with Gasteiger partial charge in [0.05, 0.1) is 6.04 Å². The lowest BCUT2D eigenvalue weighted by atomic mass is 10.1. The molecule has 0 bridgehead atoms. The lowest BCUT2D eigenvalue weighted by Crippen LogP contribution is -2.32. The molecule has 1 amide bonds. The van der Waals surface area contributed by atoms with Gasteiger partial charge in [-0.05, 0) is 43.7 Å². The van der Waals surface area contributed by atoms with Gasteiger partial charge in [0.2, 0.25) is 0 Å². The van der Waals surface area contributed by atoms with E-state index in [0.29, 0.717) is 10.8 Å². The molecule has 1 N–H and O–H groups in total. The van der Waals surface area contributed by atoms with Crippen molar-refractivity contribution < 1.29 is 27.8 Å². The van der Waals surface area contributed by atoms with E-state index in [-0.39, 0.29) is 12.2 Å². The molecule has 5 nitrogen and oxygen atoms in total. The molecule has 2 aromatic rings. The molecule has 27 heavy (non-hydrogen) atoms. The molecule has 0 aliphatic carbocycles. The van der Waals surface area contributed by atoms with E-state index in [1.807, 2.05) is 0 Å². The summed E-state index contributed by atoms with van der Waals surface area (Å²) in [5.74, 6) is -2.40. The van der Waals surface area contributed by atoms with Crippen molar-refractivity contribution in [3.05, 3.63) is 64.2 Å². The zero-order chi connectivity index (χ0) is 20.0. The second-order valence-electron chi connectivity index (χ2n) is 5.82. The summed E-state index contributed by atoms with van der Waals surface area (Å²) in [7, 11) is 0. The molecule has 8 heteroatoms. The van der Waals surface area contributed by atoms with Gasteiger partial charge in [0.15, 0.2) is 13.2 Å². The summed E-state index contributed by atoms with van der Waals surface area (Å²) >= 11 is 5.90. The largest absolute Gasteiger partial charge is 0.482 e. The number of amides is 1. The molecule has 144 valence electrons. The fraction of sp³-hybridized carbons (Fsp3) is 0.263. The van der Waals surface area contributed by atoms with Crippen LogP contribution in [0.4, 0.5) is 8.78 Å². The fourth-order valence-corrected chi connectivity index (χ4v) is 2.37. The maximum atomic E-state index is 13.7. The molecule has 0 spiro atoms. The van der Waals surface area contributed by atoms with Crippen molar-refractivity contribution in [1.82, 2.24) is 5.32 Å². The first-order valence-corrected chi connectivity index (χ1v) is 8.43. The Morgan fingerprint density at radius 1 is 1.15 bits per heavy atom. The molecule has 2 aromatic carbocycles. The summed E-state index contributed by atoms with van der Waals surface area (Å²) < 4.78 is 36.7. The van der Waals surface area contributed by atoms with Crippen LogP contribution >= 0.6 is 11.6 Å². The number of esters is 1. The summed E-state index contributed by atoms with van der Waals surface area (Å²) in [6.07, 6.45) is 0. The Labute approximate surface area is 160 Å². The molecule has 1 atom stereocenters. The molecule has 2 rings (SSSR count). The van der Waals surface area contributed by atoms with Crippen LogP contribution in [-0.4, -0.2) is 25.1 Å². The van der Waals surface area contributed by atoms with Gasteiger partial charge in [-0.25, -0.2) is 13.6 Å². The lowest BCUT2D eigenvalue weighted by molar-refractivity contribution is -0.150. The number of hydrogen-bond acceptors (Lipinski definition) is 4. The van der Waals surface area contributed by atoms with Crippen LogP contribution in [-0.2, 0) is 14.3 Å². The van der Waals surface area contributed by atoms with Crippen LogP contribution in [0, 0.1) is 18.6 Å². The van der Waals surface area contributed by atoms with Crippen LogP contribution in [0.25, 0.3) is 0 Å². The third-order valence-electron chi connectivity index (χ3n) is 3.66. The first kappa shape index (κ1) is 20.6. The van der Waals surface area contributed by atoms with Gasteiger partial charge in [0.1, 0.15) is 17.4 Å². The number of ether oxygens (including phenoxy) is 2. The lowest BCUT2D eigenvalue weighted by Gasteiger charge is -2.15. The SMILES string of the molecule is Cc1cc(OCC(=O)OCC(=O)N[C@@H](C)c2ccc(F)cc2F)ccc1Cl. The third kappa shape index (κ3) is 6.21. The monoisotopic (exact) mass is 397 g/mol. The summed E-state index contributed by atoms with van der Waals surface area (Å²) in [6.45, 7) is 2.40. The maximum Gasteiger partial charge on any atom is 0.344 e. The van der Waals surface area contributed by atoms with E-state index in [1.54, 1.807) is 25.1 Å². The van der Waals surface area contributed by atoms with Crippen LogP contribution in [0.3, 0.4) is 0 Å². The van der Waals surface area contributed by atoms with E-state index in [0.717, 1.165) is 17.7 Å². The third-order valence-corrected chi connectivity index (χ3v) is 4.08. The number of hydrogen-bond donors (Lipinski definition) is 1. The van der Waals surface area contributed by atoms with Crippen LogP contribution in [0.2, 0.25) is 5.02 Å². The fourth-order valence-electron chi connectivity index (χ4n) is 2.25. The number of nitrogens with one attached hydrogen (secondary N) is 1. The van der Waals surface area contributed by atoms with Gasteiger partial charge in [0, 0.05) is 16.7 Å². The smallest absolute Gasteiger partial charge is 0.344 e. The molecule has 0 radical (unpaired) electrons. The van der Waals surface area contributed by atoms with Crippen molar-refractivity contribution in [2.75, 3.05) is 13.2 Å². The van der Waals surface area contributed by atoms with Crippen molar-refractivity contribution in [2.45, 2.75) is 19.9 Å². The molecule has 0 unspecified atom stereocenters. The first-order valence-electron chi connectivity index (χ1n) is 8.05. The van der Waals surface area contributed by atoms with E-state index in [1.165, 1.54) is 13.0 Å². The minimum Gasteiger partial charge on any atom is -0.482 e. The van der Waals surface area contributed by atoms with Crippen LogP contribution in [0.15, 0.2) is 36.4 Å². The standard InChI is InChI=1S/C19H18ClF2NO4/c1-11-7-14(4-6-16(11)20)26-10-19(25)27-9-18(24)23-12(2)15-5-3-13(21)8-17(15)22/h3-8,12H,9-10H2,1-2H3,(H,23,24)/t12-/m0/s1. The van der Waals surface area contributed by atoms with E-state index in [9.17, 15) is 18.4 Å². The second kappa shape index (κ2) is 9.32. The molecule has 0 aliphatic heterocycles. The summed E-state index contributed by atoms with van der Waals surface area (Å²) in [5.41, 5.74) is 0.918. The highest BCUT2D eigenvalue weighted by Gasteiger charge is 2.15. The van der Waals surface area contributed by atoms with Gasteiger partial charge in [-0.3, -0.25) is 4.79 Å². The first-order chi connectivity index (χ1) is 12.8. The molecular formula is C19H18ClF2NO4. The Balaban J connectivity index is 1.77. The van der Waals surface area contributed by atoms with Crippen molar-refractivity contribution in [3.8, 4) is 5.75 Å². The topological polar surface area (TPSA) is 64.6 Å². The van der Waals surface area contributed by atoms with Crippen molar-refractivity contribution in [2.24, 2.45) is 0 Å². The molecule has 0 aliphatic rings. The van der Waals surface area contributed by atoms with E-state index in [2.05, 4.69) is 5.32 Å². The van der Waals surface area contributed by atoms with Crippen LogP contribution in [0.1, 0.15) is 24.1 Å². The predicted molar refractivity (Wildman–Crippen MR) is 95.6 cm³/mol.